The number of aromatic nitrogens is 2. The summed E-state index contributed by atoms with van der Waals surface area (Å²) in [5.41, 5.74) is 6.79. The highest BCUT2D eigenvalue weighted by Crippen LogP contribution is 2.32. The Morgan fingerprint density at radius 1 is 1.36 bits per heavy atom. The molecule has 3 rings (SSSR count). The van der Waals surface area contributed by atoms with Crippen LogP contribution in [0.5, 0.6) is 11.6 Å². The number of rotatable bonds is 5. The van der Waals surface area contributed by atoms with Crippen LogP contribution in [0.1, 0.15) is 5.56 Å². The molecule has 1 amide bonds. The first-order chi connectivity index (χ1) is 12.0. The fraction of sp³-hybridized carbons (Fsp3) is 0.235. The van der Waals surface area contributed by atoms with E-state index in [1.165, 1.54) is 0 Å². The number of morpholine rings is 1. The van der Waals surface area contributed by atoms with Gasteiger partial charge in [-0.25, -0.2) is 4.98 Å². The molecule has 0 bridgehead atoms. The molecule has 1 aromatic heterocycles. The van der Waals surface area contributed by atoms with E-state index in [9.17, 15) is 4.79 Å². The summed E-state index contributed by atoms with van der Waals surface area (Å²) in [5.74, 6) is 0.240. The van der Waals surface area contributed by atoms with Crippen molar-refractivity contribution in [3.05, 3.63) is 47.9 Å². The quantitative estimate of drug-likeness (QED) is 0.649. The SMILES string of the molecule is C=C(C(N)=O)c1cccc(Oc2nc(Cl)ncc2N2CCOCC2)c1. The number of hydrogen-bond acceptors (Lipinski definition) is 6. The average Bonchev–Trinajstić information content (AvgIpc) is 2.62. The van der Waals surface area contributed by atoms with Gasteiger partial charge in [0.15, 0.2) is 0 Å². The van der Waals surface area contributed by atoms with Crippen molar-refractivity contribution in [1.82, 2.24) is 9.97 Å². The molecule has 2 aromatic rings. The lowest BCUT2D eigenvalue weighted by molar-refractivity contribution is -0.112. The largest absolute Gasteiger partial charge is 0.437 e. The Labute approximate surface area is 150 Å². The molecule has 0 radical (unpaired) electrons. The summed E-state index contributed by atoms with van der Waals surface area (Å²) in [6, 6.07) is 6.90. The Hall–Kier alpha value is -2.64. The first kappa shape index (κ1) is 17.2. The predicted octanol–water partition coefficient (Wildman–Crippen LogP) is 2.26. The predicted molar refractivity (Wildman–Crippen MR) is 94.8 cm³/mol. The van der Waals surface area contributed by atoms with E-state index in [4.69, 9.17) is 26.8 Å². The maximum absolute atomic E-state index is 11.3. The molecule has 7 nitrogen and oxygen atoms in total. The highest BCUT2D eigenvalue weighted by atomic mass is 35.5. The lowest BCUT2D eigenvalue weighted by Crippen LogP contribution is -2.36. The highest BCUT2D eigenvalue weighted by molar-refractivity contribution is 6.28. The lowest BCUT2D eigenvalue weighted by atomic mass is 10.1. The second-order valence-corrected chi connectivity index (χ2v) is 5.74. The minimum atomic E-state index is -0.587. The maximum atomic E-state index is 11.3. The summed E-state index contributed by atoms with van der Waals surface area (Å²) < 4.78 is 11.3. The van der Waals surface area contributed by atoms with E-state index in [1.54, 1.807) is 30.5 Å². The van der Waals surface area contributed by atoms with Gasteiger partial charge in [0.25, 0.3) is 0 Å². The molecule has 1 aromatic carbocycles. The van der Waals surface area contributed by atoms with Crippen LogP contribution in [0.25, 0.3) is 5.57 Å². The number of carbonyl (C=O) groups is 1. The number of benzene rings is 1. The van der Waals surface area contributed by atoms with Crippen LogP contribution in [0.3, 0.4) is 0 Å². The fourth-order valence-electron chi connectivity index (χ4n) is 2.44. The molecule has 0 unspecified atom stereocenters. The number of halogens is 1. The number of nitrogens with zero attached hydrogens (tertiary/aromatic N) is 3. The summed E-state index contributed by atoms with van der Waals surface area (Å²) in [6.07, 6.45) is 1.63. The molecule has 8 heteroatoms. The van der Waals surface area contributed by atoms with Crippen LogP contribution in [0.15, 0.2) is 37.0 Å². The van der Waals surface area contributed by atoms with Crippen LogP contribution in [0.4, 0.5) is 5.69 Å². The molecule has 2 N–H and O–H groups in total. The minimum absolute atomic E-state index is 0.0877. The van der Waals surface area contributed by atoms with E-state index < -0.39 is 5.91 Å². The third kappa shape index (κ3) is 4.07. The van der Waals surface area contributed by atoms with Crippen molar-refractivity contribution in [3.63, 3.8) is 0 Å². The number of carbonyl (C=O) groups excluding carboxylic acids is 1. The average molecular weight is 361 g/mol. The smallest absolute Gasteiger partial charge is 0.248 e. The van der Waals surface area contributed by atoms with E-state index >= 15 is 0 Å². The van der Waals surface area contributed by atoms with Crippen LogP contribution in [0, 0.1) is 0 Å². The number of anilines is 1. The standard InChI is InChI=1S/C17H17ClN4O3/c1-11(15(19)23)12-3-2-4-13(9-12)25-16-14(10-20-17(18)21-16)22-5-7-24-8-6-22/h2-4,9-10H,1,5-8H2,(H2,19,23). The number of hydrogen-bond donors (Lipinski definition) is 1. The third-order valence-electron chi connectivity index (χ3n) is 3.75. The molecule has 0 saturated carbocycles. The van der Waals surface area contributed by atoms with Crippen molar-refractivity contribution in [1.29, 1.82) is 0 Å². The van der Waals surface area contributed by atoms with Gasteiger partial charge in [0.2, 0.25) is 17.1 Å². The van der Waals surface area contributed by atoms with Gasteiger partial charge in [0, 0.05) is 18.7 Å². The number of amides is 1. The van der Waals surface area contributed by atoms with E-state index in [1.807, 2.05) is 0 Å². The van der Waals surface area contributed by atoms with Gasteiger partial charge in [0.1, 0.15) is 11.4 Å². The zero-order chi connectivity index (χ0) is 17.8. The first-order valence-electron chi connectivity index (χ1n) is 7.67. The number of nitrogens with two attached hydrogens (primary N) is 1. The molecule has 130 valence electrons. The lowest BCUT2D eigenvalue weighted by Gasteiger charge is -2.29. The van der Waals surface area contributed by atoms with Gasteiger partial charge >= 0.3 is 0 Å². The third-order valence-corrected chi connectivity index (χ3v) is 3.93. The topological polar surface area (TPSA) is 90.6 Å². The Balaban J connectivity index is 1.90. The molecule has 0 aliphatic carbocycles. The number of ether oxygens (including phenoxy) is 2. The first-order valence-corrected chi connectivity index (χ1v) is 8.04. The van der Waals surface area contributed by atoms with Gasteiger partial charge in [-0.1, -0.05) is 18.7 Å². The van der Waals surface area contributed by atoms with Crippen LogP contribution < -0.4 is 15.4 Å². The van der Waals surface area contributed by atoms with Crippen molar-refractivity contribution in [2.75, 3.05) is 31.2 Å². The summed E-state index contributed by atoms with van der Waals surface area (Å²) in [7, 11) is 0. The van der Waals surface area contributed by atoms with E-state index in [-0.39, 0.29) is 10.9 Å². The molecule has 2 heterocycles. The van der Waals surface area contributed by atoms with Crippen LogP contribution in [-0.2, 0) is 9.53 Å². The van der Waals surface area contributed by atoms with Gasteiger partial charge in [-0.3, -0.25) is 4.79 Å². The van der Waals surface area contributed by atoms with E-state index in [2.05, 4.69) is 21.4 Å². The molecular formula is C17H17ClN4O3. The van der Waals surface area contributed by atoms with Gasteiger partial charge in [-0.05, 0) is 29.3 Å². The van der Waals surface area contributed by atoms with E-state index in [0.29, 0.717) is 43.5 Å². The van der Waals surface area contributed by atoms with Crippen molar-refractivity contribution in [3.8, 4) is 11.6 Å². The second kappa shape index (κ2) is 7.50. The minimum Gasteiger partial charge on any atom is -0.437 e. The monoisotopic (exact) mass is 360 g/mol. The fourth-order valence-corrected chi connectivity index (χ4v) is 2.56. The van der Waals surface area contributed by atoms with Gasteiger partial charge < -0.3 is 20.1 Å². The molecular weight excluding hydrogens is 344 g/mol. The summed E-state index contributed by atoms with van der Waals surface area (Å²) in [4.78, 5) is 21.6. The molecule has 0 spiro atoms. The maximum Gasteiger partial charge on any atom is 0.248 e. The Kier molecular flexibility index (Phi) is 5.16. The summed E-state index contributed by atoms with van der Waals surface area (Å²) in [6.45, 7) is 6.34. The summed E-state index contributed by atoms with van der Waals surface area (Å²) in [5, 5.41) is 0.0877. The molecule has 0 atom stereocenters. The van der Waals surface area contributed by atoms with Crippen LogP contribution in [-0.4, -0.2) is 42.2 Å². The number of primary amides is 1. The van der Waals surface area contributed by atoms with E-state index in [0.717, 1.165) is 5.69 Å². The van der Waals surface area contributed by atoms with Crippen molar-refractivity contribution in [2.45, 2.75) is 0 Å². The molecule has 1 aliphatic heterocycles. The van der Waals surface area contributed by atoms with Gasteiger partial charge in [0.05, 0.1) is 19.4 Å². The zero-order valence-corrected chi connectivity index (χ0v) is 14.2. The summed E-state index contributed by atoms with van der Waals surface area (Å²) >= 11 is 5.92. The molecule has 1 aliphatic rings. The normalized spacial score (nSPS) is 14.2. The van der Waals surface area contributed by atoms with Crippen molar-refractivity contribution < 1.29 is 14.3 Å². The van der Waals surface area contributed by atoms with Crippen LogP contribution in [0.2, 0.25) is 5.28 Å². The van der Waals surface area contributed by atoms with Gasteiger partial charge in [-0.2, -0.15) is 4.98 Å². The second-order valence-electron chi connectivity index (χ2n) is 5.40. The Morgan fingerprint density at radius 3 is 2.84 bits per heavy atom. The Bertz CT molecular complexity index is 806. The van der Waals surface area contributed by atoms with Crippen molar-refractivity contribution >= 4 is 28.8 Å². The highest BCUT2D eigenvalue weighted by Gasteiger charge is 2.19. The molecule has 25 heavy (non-hydrogen) atoms. The molecule has 1 fully saturated rings. The van der Waals surface area contributed by atoms with Crippen molar-refractivity contribution in [2.24, 2.45) is 5.73 Å². The van der Waals surface area contributed by atoms with Gasteiger partial charge in [-0.15, -0.1) is 0 Å². The Morgan fingerprint density at radius 2 is 2.12 bits per heavy atom. The zero-order valence-electron chi connectivity index (χ0n) is 13.4. The van der Waals surface area contributed by atoms with Crippen LogP contribution >= 0.6 is 11.6 Å². The molecule has 1 saturated heterocycles.